The van der Waals surface area contributed by atoms with E-state index in [0.717, 1.165) is 25.9 Å². The van der Waals surface area contributed by atoms with Gasteiger partial charge in [0.1, 0.15) is 0 Å². The number of rotatable bonds is 4. The quantitative estimate of drug-likeness (QED) is 0.849. The van der Waals surface area contributed by atoms with Gasteiger partial charge in [0.05, 0.1) is 7.11 Å². The van der Waals surface area contributed by atoms with E-state index in [4.69, 9.17) is 9.47 Å². The van der Waals surface area contributed by atoms with Crippen LogP contribution < -0.4 is 9.47 Å². The summed E-state index contributed by atoms with van der Waals surface area (Å²) in [6.45, 7) is 3.50. The molecule has 4 nitrogen and oxygen atoms in total. The Morgan fingerprint density at radius 1 is 1.10 bits per heavy atom. The average molecular weight is 277 g/mol. The largest absolute Gasteiger partial charge is 0.493 e. The lowest BCUT2D eigenvalue weighted by molar-refractivity contribution is -0.137. The lowest BCUT2D eigenvalue weighted by Crippen LogP contribution is -2.41. The molecule has 1 amide bonds. The lowest BCUT2D eigenvalue weighted by Gasteiger charge is -2.25. The van der Waals surface area contributed by atoms with Gasteiger partial charge in [-0.15, -0.1) is 0 Å². The van der Waals surface area contributed by atoms with Crippen molar-refractivity contribution < 1.29 is 14.3 Å². The number of ether oxygens (including phenoxy) is 2. The minimum atomic E-state index is -0.482. The van der Waals surface area contributed by atoms with Gasteiger partial charge in [0.15, 0.2) is 17.6 Å². The maximum atomic E-state index is 12.4. The Hall–Kier alpha value is -1.71. The molecular weight excluding hydrogens is 254 g/mol. The average Bonchev–Trinajstić information content (AvgIpc) is 2.76. The van der Waals surface area contributed by atoms with Crippen molar-refractivity contribution in [1.82, 2.24) is 4.90 Å². The van der Waals surface area contributed by atoms with E-state index in [1.807, 2.05) is 29.2 Å². The highest BCUT2D eigenvalue weighted by atomic mass is 16.5. The van der Waals surface area contributed by atoms with Gasteiger partial charge >= 0.3 is 0 Å². The van der Waals surface area contributed by atoms with Crippen molar-refractivity contribution in [3.05, 3.63) is 24.3 Å². The van der Waals surface area contributed by atoms with E-state index in [9.17, 15) is 4.79 Å². The summed E-state index contributed by atoms with van der Waals surface area (Å²) in [5, 5.41) is 0. The topological polar surface area (TPSA) is 38.8 Å². The molecule has 0 unspecified atom stereocenters. The fourth-order valence-corrected chi connectivity index (χ4v) is 2.51. The van der Waals surface area contributed by atoms with E-state index in [1.165, 1.54) is 12.8 Å². The zero-order valence-electron chi connectivity index (χ0n) is 12.3. The summed E-state index contributed by atoms with van der Waals surface area (Å²) in [6, 6.07) is 7.41. The first-order valence-corrected chi connectivity index (χ1v) is 7.31. The third-order valence-corrected chi connectivity index (χ3v) is 3.64. The molecule has 0 N–H and O–H groups in total. The van der Waals surface area contributed by atoms with Gasteiger partial charge in [-0.25, -0.2) is 0 Å². The maximum absolute atomic E-state index is 12.4. The van der Waals surface area contributed by atoms with E-state index >= 15 is 0 Å². The zero-order chi connectivity index (χ0) is 14.4. The smallest absolute Gasteiger partial charge is 0.263 e. The van der Waals surface area contributed by atoms with Gasteiger partial charge in [0.25, 0.3) is 5.91 Å². The van der Waals surface area contributed by atoms with E-state index < -0.39 is 6.10 Å². The normalized spacial score (nSPS) is 17.2. The van der Waals surface area contributed by atoms with Crippen molar-refractivity contribution in [3.8, 4) is 11.5 Å². The van der Waals surface area contributed by atoms with Crippen LogP contribution in [0.3, 0.4) is 0 Å². The molecule has 1 aromatic carbocycles. The van der Waals surface area contributed by atoms with Crippen molar-refractivity contribution >= 4 is 5.91 Å². The van der Waals surface area contributed by atoms with Crippen LogP contribution in [-0.4, -0.2) is 37.1 Å². The molecular formula is C16H23NO3. The number of benzene rings is 1. The summed E-state index contributed by atoms with van der Waals surface area (Å²) < 4.78 is 11.0. The highest BCUT2D eigenvalue weighted by molar-refractivity contribution is 5.81. The van der Waals surface area contributed by atoms with E-state index in [1.54, 1.807) is 14.0 Å². The number of hydrogen-bond donors (Lipinski definition) is 0. The van der Waals surface area contributed by atoms with Crippen LogP contribution in [0.25, 0.3) is 0 Å². The third-order valence-electron chi connectivity index (χ3n) is 3.64. The monoisotopic (exact) mass is 277 g/mol. The van der Waals surface area contributed by atoms with E-state index in [-0.39, 0.29) is 5.91 Å². The van der Waals surface area contributed by atoms with Crippen LogP contribution in [0.5, 0.6) is 11.5 Å². The fourth-order valence-electron chi connectivity index (χ4n) is 2.51. The van der Waals surface area contributed by atoms with Gasteiger partial charge in [0, 0.05) is 13.1 Å². The van der Waals surface area contributed by atoms with E-state index in [2.05, 4.69) is 0 Å². The number of methoxy groups -OCH3 is 1. The molecule has 0 saturated carbocycles. The number of likely N-dealkylation sites (tertiary alicyclic amines) is 1. The molecule has 0 aromatic heterocycles. The van der Waals surface area contributed by atoms with Crippen LogP contribution >= 0.6 is 0 Å². The summed E-state index contributed by atoms with van der Waals surface area (Å²) in [7, 11) is 1.60. The molecule has 1 aliphatic rings. The molecule has 1 aliphatic heterocycles. The van der Waals surface area contributed by atoms with E-state index in [0.29, 0.717) is 11.5 Å². The van der Waals surface area contributed by atoms with Crippen LogP contribution in [0, 0.1) is 0 Å². The van der Waals surface area contributed by atoms with Crippen molar-refractivity contribution in [2.75, 3.05) is 20.2 Å². The second-order valence-electron chi connectivity index (χ2n) is 5.15. The molecule has 20 heavy (non-hydrogen) atoms. The Labute approximate surface area is 120 Å². The Bertz CT molecular complexity index is 439. The Balaban J connectivity index is 1.99. The van der Waals surface area contributed by atoms with Crippen molar-refractivity contribution in [2.24, 2.45) is 0 Å². The fraction of sp³-hybridized carbons (Fsp3) is 0.562. The summed E-state index contributed by atoms with van der Waals surface area (Å²) >= 11 is 0. The molecule has 1 fully saturated rings. The van der Waals surface area contributed by atoms with Crippen LogP contribution in [-0.2, 0) is 4.79 Å². The first kappa shape index (κ1) is 14.7. The molecule has 0 spiro atoms. The number of hydrogen-bond acceptors (Lipinski definition) is 3. The SMILES string of the molecule is COc1ccccc1O[C@H](C)C(=O)N1CCCCCC1. The summed E-state index contributed by atoms with van der Waals surface area (Å²) in [5.41, 5.74) is 0. The van der Waals surface area contributed by atoms with Gasteiger partial charge in [-0.05, 0) is 31.9 Å². The number of carbonyl (C=O) groups is 1. The Morgan fingerprint density at radius 2 is 1.70 bits per heavy atom. The molecule has 4 heteroatoms. The second-order valence-corrected chi connectivity index (χ2v) is 5.15. The predicted molar refractivity (Wildman–Crippen MR) is 78.1 cm³/mol. The molecule has 1 aromatic rings. The highest BCUT2D eigenvalue weighted by Crippen LogP contribution is 2.27. The molecule has 1 saturated heterocycles. The van der Waals surface area contributed by atoms with Gasteiger partial charge in [-0.3, -0.25) is 4.79 Å². The lowest BCUT2D eigenvalue weighted by atomic mass is 10.2. The van der Waals surface area contributed by atoms with Gasteiger partial charge in [-0.1, -0.05) is 25.0 Å². The van der Waals surface area contributed by atoms with Crippen LogP contribution in [0.2, 0.25) is 0 Å². The summed E-state index contributed by atoms with van der Waals surface area (Å²) in [6.07, 6.45) is 4.13. The number of carbonyl (C=O) groups excluding carboxylic acids is 1. The number of para-hydroxylation sites is 2. The number of amides is 1. The minimum absolute atomic E-state index is 0.0674. The first-order valence-electron chi connectivity index (χ1n) is 7.31. The molecule has 0 radical (unpaired) electrons. The standard InChI is InChI=1S/C16H23NO3/c1-13(16(18)17-11-7-3-4-8-12-17)20-15-10-6-5-9-14(15)19-2/h5-6,9-10,13H,3-4,7-8,11-12H2,1-2H3/t13-/m1/s1. The van der Waals surface area contributed by atoms with Crippen molar-refractivity contribution in [2.45, 2.75) is 38.7 Å². The van der Waals surface area contributed by atoms with Gasteiger partial charge in [-0.2, -0.15) is 0 Å². The molecule has 0 bridgehead atoms. The first-order chi connectivity index (χ1) is 9.72. The molecule has 110 valence electrons. The molecule has 0 aliphatic carbocycles. The summed E-state index contributed by atoms with van der Waals surface area (Å²) in [4.78, 5) is 14.3. The zero-order valence-corrected chi connectivity index (χ0v) is 12.3. The van der Waals surface area contributed by atoms with Crippen LogP contribution in [0.15, 0.2) is 24.3 Å². The highest BCUT2D eigenvalue weighted by Gasteiger charge is 2.23. The molecule has 2 rings (SSSR count). The van der Waals surface area contributed by atoms with Crippen molar-refractivity contribution in [3.63, 3.8) is 0 Å². The van der Waals surface area contributed by atoms with Crippen LogP contribution in [0.4, 0.5) is 0 Å². The third kappa shape index (κ3) is 3.65. The van der Waals surface area contributed by atoms with Gasteiger partial charge < -0.3 is 14.4 Å². The minimum Gasteiger partial charge on any atom is -0.493 e. The maximum Gasteiger partial charge on any atom is 0.263 e. The van der Waals surface area contributed by atoms with Gasteiger partial charge in [0.2, 0.25) is 0 Å². The Morgan fingerprint density at radius 3 is 2.30 bits per heavy atom. The van der Waals surface area contributed by atoms with Crippen LogP contribution in [0.1, 0.15) is 32.6 Å². The Kier molecular flexibility index (Phi) is 5.27. The number of nitrogens with zero attached hydrogens (tertiary/aromatic N) is 1. The predicted octanol–water partition coefficient (Wildman–Crippen LogP) is 2.87. The van der Waals surface area contributed by atoms with Crippen molar-refractivity contribution in [1.29, 1.82) is 0 Å². The second kappa shape index (κ2) is 7.17. The molecule has 1 atom stereocenters. The summed E-state index contributed by atoms with van der Waals surface area (Å²) in [5.74, 6) is 1.34. The molecule has 1 heterocycles.